The molecular weight excluding hydrogens is 468 g/mol. The number of hydrogen-bond acceptors (Lipinski definition) is 7. The Morgan fingerprint density at radius 2 is 2.00 bits per heavy atom. The average molecular weight is 491 g/mol. The Bertz CT molecular complexity index is 1300. The van der Waals surface area contributed by atoms with E-state index in [-0.39, 0.29) is 5.91 Å². The second kappa shape index (κ2) is 10.8. The van der Waals surface area contributed by atoms with Crippen LogP contribution in [0.15, 0.2) is 75.2 Å². The van der Waals surface area contributed by atoms with Crippen molar-refractivity contribution in [1.82, 2.24) is 15.2 Å². The van der Waals surface area contributed by atoms with Gasteiger partial charge in [0.2, 0.25) is 0 Å². The Morgan fingerprint density at radius 1 is 1.20 bits per heavy atom. The molecule has 0 unspecified atom stereocenters. The normalized spacial score (nSPS) is 15.7. The maximum absolute atomic E-state index is 13.0. The van der Waals surface area contributed by atoms with Crippen molar-refractivity contribution >= 4 is 46.5 Å². The highest BCUT2D eigenvalue weighted by Crippen LogP contribution is 2.35. The Hall–Kier alpha value is -4.18. The van der Waals surface area contributed by atoms with E-state index in [4.69, 9.17) is 9.52 Å². The number of aliphatic imine (C=N–C) groups is 1. The molecule has 0 radical (unpaired) electrons. The number of thioether (sulfide) groups is 1. The second-order valence-corrected chi connectivity index (χ2v) is 8.54. The third-order valence-corrected chi connectivity index (χ3v) is 5.94. The predicted molar refractivity (Wildman–Crippen MR) is 133 cm³/mol. The molecule has 10 heteroatoms. The summed E-state index contributed by atoms with van der Waals surface area (Å²) < 4.78 is 5.92. The highest BCUT2D eigenvalue weighted by Gasteiger charge is 2.33. The lowest BCUT2D eigenvalue weighted by molar-refractivity contribution is -0.135. The van der Waals surface area contributed by atoms with E-state index in [1.54, 1.807) is 65.8 Å². The van der Waals surface area contributed by atoms with Crippen LogP contribution in [0, 0.1) is 0 Å². The van der Waals surface area contributed by atoms with Gasteiger partial charge in [-0.15, -0.1) is 0 Å². The van der Waals surface area contributed by atoms with Gasteiger partial charge >= 0.3 is 5.97 Å². The fourth-order valence-corrected chi connectivity index (χ4v) is 4.31. The van der Waals surface area contributed by atoms with Crippen molar-refractivity contribution in [3.05, 3.63) is 77.2 Å². The topological polar surface area (TPSA) is 125 Å². The van der Waals surface area contributed by atoms with E-state index in [1.165, 1.54) is 11.8 Å². The zero-order valence-corrected chi connectivity index (χ0v) is 19.6. The zero-order valence-electron chi connectivity index (χ0n) is 18.8. The first-order valence-corrected chi connectivity index (χ1v) is 11.7. The Morgan fingerprint density at radius 3 is 2.69 bits per heavy atom. The molecule has 2 amide bonds. The third-order valence-electron chi connectivity index (χ3n) is 4.94. The van der Waals surface area contributed by atoms with Gasteiger partial charge in [-0.05, 0) is 54.6 Å². The van der Waals surface area contributed by atoms with Crippen molar-refractivity contribution in [2.24, 2.45) is 4.99 Å². The highest BCUT2D eigenvalue weighted by atomic mass is 32.2. The highest BCUT2D eigenvalue weighted by molar-refractivity contribution is 8.18. The average Bonchev–Trinajstić information content (AvgIpc) is 3.44. The van der Waals surface area contributed by atoms with E-state index in [1.807, 2.05) is 13.0 Å². The quantitative estimate of drug-likeness (QED) is 0.454. The number of rotatable bonds is 8. The van der Waals surface area contributed by atoms with Crippen LogP contribution in [0.4, 0.5) is 5.69 Å². The summed E-state index contributed by atoms with van der Waals surface area (Å²) >= 11 is 1.29. The van der Waals surface area contributed by atoms with Gasteiger partial charge in [0.1, 0.15) is 18.1 Å². The summed E-state index contributed by atoms with van der Waals surface area (Å²) in [5.74, 6) is -0.632. The fourth-order valence-electron chi connectivity index (χ4n) is 3.30. The summed E-state index contributed by atoms with van der Waals surface area (Å²) in [6, 6.07) is 13.8. The Kier molecular flexibility index (Phi) is 7.41. The molecule has 3 heterocycles. The molecule has 0 atom stereocenters. The molecule has 4 rings (SSSR count). The molecular formula is C25H22N4O5S. The van der Waals surface area contributed by atoms with Crippen LogP contribution in [0.1, 0.15) is 29.5 Å². The number of furan rings is 1. The van der Waals surface area contributed by atoms with Gasteiger partial charge < -0.3 is 14.8 Å². The van der Waals surface area contributed by atoms with E-state index in [9.17, 15) is 14.4 Å². The van der Waals surface area contributed by atoms with Crippen LogP contribution in [-0.4, -0.2) is 51.0 Å². The molecule has 35 heavy (non-hydrogen) atoms. The smallest absolute Gasteiger partial charge is 0.322 e. The lowest BCUT2D eigenvalue weighted by atomic mass is 10.1. The molecule has 1 saturated heterocycles. The van der Waals surface area contributed by atoms with Gasteiger partial charge in [0.25, 0.3) is 11.8 Å². The van der Waals surface area contributed by atoms with Gasteiger partial charge in [0.15, 0.2) is 5.17 Å². The van der Waals surface area contributed by atoms with Gasteiger partial charge in [-0.1, -0.05) is 19.1 Å². The van der Waals surface area contributed by atoms with Crippen molar-refractivity contribution < 1.29 is 23.9 Å². The molecule has 0 bridgehead atoms. The van der Waals surface area contributed by atoms with Crippen LogP contribution in [0.25, 0.3) is 17.4 Å². The monoisotopic (exact) mass is 490 g/mol. The van der Waals surface area contributed by atoms with Crippen molar-refractivity contribution in [2.75, 3.05) is 13.1 Å². The lowest BCUT2D eigenvalue weighted by Crippen LogP contribution is -2.29. The maximum Gasteiger partial charge on any atom is 0.322 e. The number of aromatic nitrogens is 1. The first-order valence-electron chi connectivity index (χ1n) is 10.8. The summed E-state index contributed by atoms with van der Waals surface area (Å²) in [7, 11) is 0. The molecule has 178 valence electrons. The number of carbonyl (C=O) groups excluding carboxylic acids is 2. The van der Waals surface area contributed by atoms with Crippen molar-refractivity contribution in [3.63, 3.8) is 0 Å². The lowest BCUT2D eigenvalue weighted by Gasteiger charge is -2.13. The first-order chi connectivity index (χ1) is 16.9. The molecule has 0 aliphatic carbocycles. The molecule has 9 nitrogen and oxygen atoms in total. The van der Waals surface area contributed by atoms with Gasteiger partial charge in [0.05, 0.1) is 16.8 Å². The summed E-state index contributed by atoms with van der Waals surface area (Å²) in [6.45, 7) is 2.11. The van der Waals surface area contributed by atoms with Crippen LogP contribution in [0.3, 0.4) is 0 Å². The maximum atomic E-state index is 13.0. The predicted octanol–water partition coefficient (Wildman–Crippen LogP) is 4.17. The molecule has 1 aliphatic rings. The second-order valence-electron chi connectivity index (χ2n) is 7.53. The number of benzene rings is 1. The molecule has 1 aliphatic heterocycles. The van der Waals surface area contributed by atoms with Gasteiger partial charge in [-0.25, -0.2) is 4.99 Å². The number of aliphatic carboxylic acids is 1. The summed E-state index contributed by atoms with van der Waals surface area (Å²) in [6.07, 6.45) is 5.80. The minimum absolute atomic E-state index is 0.130. The largest absolute Gasteiger partial charge is 0.480 e. The van der Waals surface area contributed by atoms with Crippen LogP contribution in [0.2, 0.25) is 0 Å². The van der Waals surface area contributed by atoms with Gasteiger partial charge in [-0.3, -0.25) is 24.3 Å². The fraction of sp³-hybridized carbons (Fsp3) is 0.160. The zero-order chi connectivity index (χ0) is 24.8. The summed E-state index contributed by atoms with van der Waals surface area (Å²) in [5, 5.41) is 11.6. The molecule has 3 aromatic rings. The number of pyridine rings is 1. The van der Waals surface area contributed by atoms with E-state index in [2.05, 4.69) is 15.3 Å². The number of carbonyl (C=O) groups is 3. The minimum atomic E-state index is -1.11. The van der Waals surface area contributed by atoms with Crippen LogP contribution >= 0.6 is 11.8 Å². The molecule has 0 spiro atoms. The molecule has 0 saturated carbocycles. The number of carboxylic acids is 1. The molecule has 1 aromatic carbocycles. The Balaban J connectivity index is 1.51. The van der Waals surface area contributed by atoms with E-state index < -0.39 is 18.4 Å². The first kappa shape index (κ1) is 24.0. The van der Waals surface area contributed by atoms with Gasteiger partial charge in [-0.2, -0.15) is 0 Å². The standard InChI is InChI=1S/C25H22N4O5S/c1-2-12-29-24(33)21(35-25(29)28-18-4-3-11-26-14-18)13-19-9-10-20(34-19)16-5-7-17(8-6-16)23(32)27-15-22(30)31/h3-11,13-14H,2,12,15H2,1H3,(H,27,32)(H,30,31)/b21-13-,28-25?. The number of nitrogens with one attached hydrogen (secondary N) is 1. The van der Waals surface area contributed by atoms with Crippen molar-refractivity contribution in [3.8, 4) is 11.3 Å². The SMILES string of the molecule is CCCN1C(=O)/C(=C/c2ccc(-c3ccc(C(=O)NCC(=O)O)cc3)o2)SC1=Nc1cccnc1. The minimum Gasteiger partial charge on any atom is -0.480 e. The summed E-state index contributed by atoms with van der Waals surface area (Å²) in [5.41, 5.74) is 1.75. The van der Waals surface area contributed by atoms with E-state index >= 15 is 0 Å². The summed E-state index contributed by atoms with van der Waals surface area (Å²) in [4.78, 5) is 46.4. The van der Waals surface area contributed by atoms with E-state index in [0.717, 1.165) is 12.0 Å². The number of carboxylic acid groups (broad SMARTS) is 1. The molecule has 2 N–H and O–H groups in total. The Labute approximate surface area is 205 Å². The van der Waals surface area contributed by atoms with Gasteiger partial charge in [0, 0.05) is 29.9 Å². The number of nitrogens with zero attached hydrogens (tertiary/aromatic N) is 3. The van der Waals surface area contributed by atoms with Crippen molar-refractivity contribution in [2.45, 2.75) is 13.3 Å². The third kappa shape index (κ3) is 5.85. The van der Waals surface area contributed by atoms with Crippen LogP contribution < -0.4 is 5.32 Å². The molecule has 1 fully saturated rings. The number of hydrogen-bond donors (Lipinski definition) is 2. The van der Waals surface area contributed by atoms with E-state index in [0.29, 0.717) is 39.4 Å². The van der Waals surface area contributed by atoms with Crippen LogP contribution in [-0.2, 0) is 9.59 Å². The van der Waals surface area contributed by atoms with Crippen LogP contribution in [0.5, 0.6) is 0 Å². The molecule has 2 aromatic heterocycles. The number of amidine groups is 1. The number of amides is 2. The van der Waals surface area contributed by atoms with Crippen molar-refractivity contribution in [1.29, 1.82) is 0 Å².